The number of aryl methyl sites for hydroxylation is 1. The summed E-state index contributed by atoms with van der Waals surface area (Å²) in [5.74, 6) is 0.702. The molecule has 1 aromatic heterocycles. The van der Waals surface area contributed by atoms with Gasteiger partial charge in [-0.1, -0.05) is 6.07 Å². The molecular weight excluding hydrogens is 332 g/mol. The molecule has 1 amide bonds. The SMILES string of the molecule is COc1cccc(C(=O)NC2CCC(Oc3cccnc3C)CC2)c1O. The summed E-state index contributed by atoms with van der Waals surface area (Å²) in [6.45, 7) is 1.93. The van der Waals surface area contributed by atoms with Gasteiger partial charge in [-0.3, -0.25) is 9.78 Å². The lowest BCUT2D eigenvalue weighted by atomic mass is 9.92. The number of aromatic nitrogens is 1. The normalized spacial score (nSPS) is 19.6. The third-order valence-electron chi connectivity index (χ3n) is 4.73. The maximum atomic E-state index is 12.5. The fraction of sp³-hybridized carbons (Fsp3) is 0.400. The zero-order chi connectivity index (χ0) is 18.5. The molecule has 1 fully saturated rings. The highest BCUT2D eigenvalue weighted by molar-refractivity contribution is 5.97. The van der Waals surface area contributed by atoms with Gasteiger partial charge in [0.2, 0.25) is 0 Å². The van der Waals surface area contributed by atoms with Crippen LogP contribution in [0.25, 0.3) is 0 Å². The number of phenols is 1. The van der Waals surface area contributed by atoms with Gasteiger partial charge in [0.25, 0.3) is 5.91 Å². The summed E-state index contributed by atoms with van der Waals surface area (Å²) in [6.07, 6.45) is 5.28. The predicted octanol–water partition coefficient (Wildman–Crippen LogP) is 3.22. The van der Waals surface area contributed by atoms with Crippen molar-refractivity contribution in [3.05, 3.63) is 47.8 Å². The first-order valence-corrected chi connectivity index (χ1v) is 8.83. The van der Waals surface area contributed by atoms with Crippen LogP contribution in [0.2, 0.25) is 0 Å². The summed E-state index contributed by atoms with van der Waals surface area (Å²) in [6, 6.07) is 8.77. The van der Waals surface area contributed by atoms with Crippen molar-refractivity contribution >= 4 is 5.91 Å². The molecule has 1 aliphatic rings. The van der Waals surface area contributed by atoms with Crippen LogP contribution in [-0.4, -0.2) is 35.3 Å². The van der Waals surface area contributed by atoms with Crippen molar-refractivity contribution in [2.24, 2.45) is 0 Å². The minimum Gasteiger partial charge on any atom is -0.504 e. The molecule has 1 aromatic carbocycles. The second-order valence-corrected chi connectivity index (χ2v) is 6.51. The number of nitrogens with zero attached hydrogens (tertiary/aromatic N) is 1. The van der Waals surface area contributed by atoms with E-state index in [2.05, 4.69) is 10.3 Å². The molecule has 0 atom stereocenters. The lowest BCUT2D eigenvalue weighted by molar-refractivity contribution is 0.0890. The zero-order valence-corrected chi connectivity index (χ0v) is 15.1. The van der Waals surface area contributed by atoms with Gasteiger partial charge >= 0.3 is 0 Å². The number of carbonyl (C=O) groups is 1. The summed E-state index contributed by atoms with van der Waals surface area (Å²) < 4.78 is 11.1. The van der Waals surface area contributed by atoms with Crippen molar-refractivity contribution in [3.63, 3.8) is 0 Å². The fourth-order valence-corrected chi connectivity index (χ4v) is 3.23. The van der Waals surface area contributed by atoms with Gasteiger partial charge in [-0.05, 0) is 56.9 Å². The number of hydrogen-bond acceptors (Lipinski definition) is 5. The molecular formula is C20H24N2O4. The van der Waals surface area contributed by atoms with Crippen molar-refractivity contribution in [1.82, 2.24) is 10.3 Å². The first-order valence-electron chi connectivity index (χ1n) is 8.83. The van der Waals surface area contributed by atoms with Gasteiger partial charge in [0.1, 0.15) is 5.75 Å². The van der Waals surface area contributed by atoms with Crippen LogP contribution in [-0.2, 0) is 0 Å². The molecule has 138 valence electrons. The number of para-hydroxylation sites is 1. The Balaban J connectivity index is 1.54. The van der Waals surface area contributed by atoms with Crippen molar-refractivity contribution < 1.29 is 19.4 Å². The van der Waals surface area contributed by atoms with E-state index in [1.54, 1.807) is 24.4 Å². The molecule has 1 saturated carbocycles. The third-order valence-corrected chi connectivity index (χ3v) is 4.73. The molecule has 0 saturated heterocycles. The summed E-state index contributed by atoms with van der Waals surface area (Å²) in [7, 11) is 1.46. The fourth-order valence-electron chi connectivity index (χ4n) is 3.23. The van der Waals surface area contributed by atoms with E-state index in [0.717, 1.165) is 37.1 Å². The monoisotopic (exact) mass is 356 g/mol. The lowest BCUT2D eigenvalue weighted by Gasteiger charge is -2.29. The van der Waals surface area contributed by atoms with Crippen LogP contribution in [0.3, 0.4) is 0 Å². The quantitative estimate of drug-likeness (QED) is 0.860. The molecule has 6 heteroatoms. The molecule has 6 nitrogen and oxygen atoms in total. The van der Waals surface area contributed by atoms with Crippen LogP contribution in [0.1, 0.15) is 41.7 Å². The Morgan fingerprint density at radius 1 is 1.15 bits per heavy atom. The summed E-state index contributed by atoms with van der Waals surface area (Å²) in [5, 5.41) is 13.1. The van der Waals surface area contributed by atoms with Gasteiger partial charge in [0.15, 0.2) is 11.5 Å². The Bertz CT molecular complexity index is 770. The van der Waals surface area contributed by atoms with Crippen molar-refractivity contribution in [3.8, 4) is 17.2 Å². The molecule has 26 heavy (non-hydrogen) atoms. The molecule has 1 heterocycles. The van der Waals surface area contributed by atoms with Gasteiger partial charge < -0.3 is 19.9 Å². The largest absolute Gasteiger partial charge is 0.504 e. The third kappa shape index (κ3) is 4.07. The molecule has 3 rings (SSSR count). The maximum Gasteiger partial charge on any atom is 0.255 e. The number of pyridine rings is 1. The number of nitrogens with one attached hydrogen (secondary N) is 1. The summed E-state index contributed by atoms with van der Waals surface area (Å²) in [4.78, 5) is 16.7. The number of hydrogen-bond donors (Lipinski definition) is 2. The van der Waals surface area contributed by atoms with Crippen LogP contribution >= 0.6 is 0 Å². The standard InChI is InChI=1S/C20H24N2O4/c1-13-17(7-4-12-21-13)26-15-10-8-14(9-11-15)22-20(24)16-5-3-6-18(25-2)19(16)23/h3-7,12,14-15,23H,8-11H2,1-2H3,(H,22,24). The number of rotatable bonds is 5. The Labute approximate surface area is 153 Å². The van der Waals surface area contributed by atoms with Crippen LogP contribution in [0.5, 0.6) is 17.2 Å². The minimum atomic E-state index is -0.283. The number of carbonyl (C=O) groups excluding carboxylic acids is 1. The van der Waals surface area contributed by atoms with Gasteiger partial charge in [-0.25, -0.2) is 0 Å². The van der Waals surface area contributed by atoms with Gasteiger partial charge in [-0.15, -0.1) is 0 Å². The molecule has 2 aromatic rings. The highest BCUT2D eigenvalue weighted by Crippen LogP contribution is 2.30. The molecule has 0 aliphatic heterocycles. The summed E-state index contributed by atoms with van der Waals surface area (Å²) >= 11 is 0. The van der Waals surface area contributed by atoms with Crippen LogP contribution in [0, 0.1) is 6.92 Å². The first-order chi connectivity index (χ1) is 12.6. The van der Waals surface area contributed by atoms with E-state index in [-0.39, 0.29) is 29.4 Å². The molecule has 2 N–H and O–H groups in total. The highest BCUT2D eigenvalue weighted by Gasteiger charge is 2.25. The van der Waals surface area contributed by atoms with Gasteiger partial charge in [-0.2, -0.15) is 0 Å². The Morgan fingerprint density at radius 2 is 1.88 bits per heavy atom. The average molecular weight is 356 g/mol. The number of methoxy groups -OCH3 is 1. The lowest BCUT2D eigenvalue weighted by Crippen LogP contribution is -2.39. The van der Waals surface area contributed by atoms with E-state index in [0.29, 0.717) is 5.75 Å². The Hall–Kier alpha value is -2.76. The first kappa shape index (κ1) is 18.0. The number of phenolic OH excluding ortho intramolecular Hbond substituents is 1. The highest BCUT2D eigenvalue weighted by atomic mass is 16.5. The molecule has 1 aliphatic carbocycles. The smallest absolute Gasteiger partial charge is 0.255 e. The van der Waals surface area contributed by atoms with Crippen molar-refractivity contribution in [1.29, 1.82) is 0 Å². The molecule has 0 spiro atoms. The van der Waals surface area contributed by atoms with E-state index in [4.69, 9.17) is 9.47 Å². The van der Waals surface area contributed by atoms with E-state index in [9.17, 15) is 9.90 Å². The van der Waals surface area contributed by atoms with Crippen LogP contribution in [0.4, 0.5) is 0 Å². The van der Waals surface area contributed by atoms with E-state index in [1.165, 1.54) is 7.11 Å². The molecule has 0 unspecified atom stereocenters. The van der Waals surface area contributed by atoms with Gasteiger partial charge in [0.05, 0.1) is 24.5 Å². The predicted molar refractivity (Wildman–Crippen MR) is 97.8 cm³/mol. The number of amides is 1. The molecule has 0 bridgehead atoms. The molecule has 0 radical (unpaired) electrons. The topological polar surface area (TPSA) is 80.7 Å². The minimum absolute atomic E-state index is 0.0722. The van der Waals surface area contributed by atoms with Crippen molar-refractivity contribution in [2.45, 2.75) is 44.8 Å². The average Bonchev–Trinajstić information content (AvgIpc) is 2.65. The summed E-state index contributed by atoms with van der Waals surface area (Å²) in [5.41, 5.74) is 1.12. The zero-order valence-electron chi connectivity index (χ0n) is 15.1. The van der Waals surface area contributed by atoms with E-state index >= 15 is 0 Å². The van der Waals surface area contributed by atoms with Crippen molar-refractivity contribution in [2.75, 3.05) is 7.11 Å². The Morgan fingerprint density at radius 3 is 2.58 bits per heavy atom. The number of ether oxygens (including phenoxy) is 2. The van der Waals surface area contributed by atoms with E-state index in [1.807, 2.05) is 19.1 Å². The van der Waals surface area contributed by atoms with Crippen LogP contribution in [0.15, 0.2) is 36.5 Å². The van der Waals surface area contributed by atoms with E-state index < -0.39 is 0 Å². The van der Waals surface area contributed by atoms with Crippen LogP contribution < -0.4 is 14.8 Å². The second kappa shape index (κ2) is 8.08. The van der Waals surface area contributed by atoms with Gasteiger partial charge in [0, 0.05) is 12.2 Å². The maximum absolute atomic E-state index is 12.5. The number of benzene rings is 1. The number of aromatic hydroxyl groups is 1. The second-order valence-electron chi connectivity index (χ2n) is 6.51. The Kier molecular flexibility index (Phi) is 5.61.